The Morgan fingerprint density at radius 1 is 0.697 bits per heavy atom. The van der Waals surface area contributed by atoms with Crippen LogP contribution in [0.15, 0.2) is 79.1 Å². The number of rotatable bonds is 8. The molecule has 0 N–H and O–H groups in total. The number of aromatic nitrogens is 1. The highest BCUT2D eigenvalue weighted by atomic mass is 16.5. The van der Waals surface area contributed by atoms with Gasteiger partial charge >= 0.3 is 0 Å². The van der Waals surface area contributed by atoms with Gasteiger partial charge in [0.05, 0.1) is 34.1 Å². The van der Waals surface area contributed by atoms with Gasteiger partial charge in [-0.3, -0.25) is 4.79 Å². The van der Waals surface area contributed by atoms with Crippen LogP contribution < -0.4 is 18.9 Å². The van der Waals surface area contributed by atoms with Crippen LogP contribution in [0.25, 0.3) is 16.8 Å². The summed E-state index contributed by atoms with van der Waals surface area (Å²) < 4.78 is 23.7. The lowest BCUT2D eigenvalue weighted by molar-refractivity contribution is 0.103. The van der Waals surface area contributed by atoms with Crippen LogP contribution >= 0.6 is 0 Å². The van der Waals surface area contributed by atoms with E-state index in [4.69, 9.17) is 18.9 Å². The van der Waals surface area contributed by atoms with Gasteiger partial charge in [0.15, 0.2) is 17.3 Å². The van der Waals surface area contributed by atoms with Gasteiger partial charge in [0.1, 0.15) is 5.75 Å². The first-order chi connectivity index (χ1) is 16.1. The number of para-hydroxylation sites is 2. The molecular formula is C27H25NO5. The van der Waals surface area contributed by atoms with E-state index in [9.17, 15) is 4.79 Å². The van der Waals surface area contributed by atoms with Gasteiger partial charge in [0.25, 0.3) is 0 Å². The van der Waals surface area contributed by atoms with Crippen LogP contribution in [0.4, 0.5) is 0 Å². The fourth-order valence-corrected chi connectivity index (χ4v) is 3.83. The number of methoxy groups -OCH3 is 4. The smallest absolute Gasteiger partial charge is 0.203 e. The zero-order valence-electron chi connectivity index (χ0n) is 19.0. The molecule has 0 unspecified atom stereocenters. The third-order valence-electron chi connectivity index (χ3n) is 5.45. The second kappa shape index (κ2) is 9.53. The summed E-state index contributed by atoms with van der Waals surface area (Å²) in [6, 6.07) is 20.8. The Hall–Kier alpha value is -4.19. The van der Waals surface area contributed by atoms with Crippen molar-refractivity contribution in [3.05, 3.63) is 90.3 Å². The molecule has 6 heteroatoms. The van der Waals surface area contributed by atoms with Crippen molar-refractivity contribution in [2.45, 2.75) is 0 Å². The van der Waals surface area contributed by atoms with Crippen molar-refractivity contribution in [1.82, 2.24) is 4.57 Å². The molecule has 1 heterocycles. The molecule has 0 aliphatic rings. The number of nitrogens with zero attached hydrogens (tertiary/aromatic N) is 1. The molecule has 6 nitrogen and oxygen atoms in total. The van der Waals surface area contributed by atoms with E-state index in [0.29, 0.717) is 34.1 Å². The van der Waals surface area contributed by atoms with Gasteiger partial charge in [-0.2, -0.15) is 0 Å². The van der Waals surface area contributed by atoms with Gasteiger partial charge < -0.3 is 23.5 Å². The molecule has 1 aromatic heterocycles. The Morgan fingerprint density at radius 2 is 1.30 bits per heavy atom. The average Bonchev–Trinajstić information content (AvgIpc) is 3.33. The van der Waals surface area contributed by atoms with Crippen LogP contribution in [0, 0.1) is 0 Å². The molecule has 0 spiro atoms. The zero-order valence-corrected chi connectivity index (χ0v) is 19.0. The second-order valence-electron chi connectivity index (χ2n) is 7.27. The van der Waals surface area contributed by atoms with E-state index in [0.717, 1.165) is 16.8 Å². The molecule has 0 fully saturated rings. The highest BCUT2D eigenvalue weighted by molar-refractivity contribution is 6.13. The Balaban J connectivity index is 1.90. The Kier molecular flexibility index (Phi) is 6.36. The van der Waals surface area contributed by atoms with Crippen molar-refractivity contribution in [3.8, 4) is 39.8 Å². The average molecular weight is 443 g/mol. The normalized spacial score (nSPS) is 10.5. The summed E-state index contributed by atoms with van der Waals surface area (Å²) in [5, 5.41) is 0. The predicted octanol–water partition coefficient (Wildman–Crippen LogP) is 5.41. The molecule has 0 saturated carbocycles. The standard InChI is InChI=1S/C27H25NO5/c1-30-23-13-9-8-12-22(23)28-16-20(18-10-6-5-7-11-18)21(17-28)26(29)19-14-24(31-2)27(33-4)25(15-19)32-3/h5-17H,1-4H3. The first-order valence-electron chi connectivity index (χ1n) is 10.4. The first-order valence-corrected chi connectivity index (χ1v) is 10.4. The summed E-state index contributed by atoms with van der Waals surface area (Å²) in [5.74, 6) is 1.82. The molecule has 0 radical (unpaired) electrons. The molecule has 0 atom stereocenters. The van der Waals surface area contributed by atoms with Crippen LogP contribution in [-0.4, -0.2) is 38.8 Å². The number of benzene rings is 3. The molecular weight excluding hydrogens is 418 g/mol. The molecule has 0 amide bonds. The van der Waals surface area contributed by atoms with E-state index >= 15 is 0 Å². The maximum absolute atomic E-state index is 13.8. The van der Waals surface area contributed by atoms with Crippen LogP contribution in [0.5, 0.6) is 23.0 Å². The fourth-order valence-electron chi connectivity index (χ4n) is 3.83. The molecule has 4 aromatic rings. The van der Waals surface area contributed by atoms with Crippen molar-refractivity contribution in [1.29, 1.82) is 0 Å². The quantitative estimate of drug-likeness (QED) is 0.341. The number of carbonyl (C=O) groups is 1. The lowest BCUT2D eigenvalue weighted by Crippen LogP contribution is -2.05. The minimum atomic E-state index is -0.165. The maximum Gasteiger partial charge on any atom is 0.203 e. The summed E-state index contributed by atoms with van der Waals surface area (Å²) >= 11 is 0. The minimum Gasteiger partial charge on any atom is -0.495 e. The summed E-state index contributed by atoms with van der Waals surface area (Å²) in [4.78, 5) is 13.8. The van der Waals surface area contributed by atoms with Gasteiger partial charge in [-0.25, -0.2) is 0 Å². The Labute approximate surface area is 192 Å². The Bertz CT molecular complexity index is 1250. The molecule has 0 saturated heterocycles. The van der Waals surface area contributed by atoms with Crippen LogP contribution in [0.2, 0.25) is 0 Å². The third-order valence-corrected chi connectivity index (χ3v) is 5.45. The monoisotopic (exact) mass is 443 g/mol. The van der Waals surface area contributed by atoms with Crippen molar-refractivity contribution >= 4 is 5.78 Å². The van der Waals surface area contributed by atoms with Gasteiger partial charge in [0.2, 0.25) is 5.75 Å². The van der Waals surface area contributed by atoms with Crippen molar-refractivity contribution in [2.75, 3.05) is 28.4 Å². The van der Waals surface area contributed by atoms with Gasteiger partial charge in [-0.15, -0.1) is 0 Å². The van der Waals surface area contributed by atoms with Gasteiger partial charge in [-0.05, 0) is 29.8 Å². The molecule has 0 aliphatic heterocycles. The highest BCUT2D eigenvalue weighted by Crippen LogP contribution is 2.39. The number of ketones is 1. The van der Waals surface area contributed by atoms with E-state index in [1.165, 1.54) is 21.3 Å². The SMILES string of the molecule is COc1ccccc1-n1cc(C(=O)c2cc(OC)c(OC)c(OC)c2)c(-c2ccccc2)c1. The molecule has 168 valence electrons. The van der Waals surface area contributed by atoms with E-state index in [1.807, 2.05) is 71.6 Å². The number of carbonyl (C=O) groups excluding carboxylic acids is 1. The number of hydrogen-bond donors (Lipinski definition) is 0. The topological polar surface area (TPSA) is 58.9 Å². The van der Waals surface area contributed by atoms with Crippen molar-refractivity contribution in [2.24, 2.45) is 0 Å². The Morgan fingerprint density at radius 3 is 1.91 bits per heavy atom. The largest absolute Gasteiger partial charge is 0.495 e. The summed E-state index contributed by atoms with van der Waals surface area (Å²) in [7, 11) is 6.21. The molecule has 3 aromatic carbocycles. The van der Waals surface area contributed by atoms with Crippen molar-refractivity contribution in [3.63, 3.8) is 0 Å². The second-order valence-corrected chi connectivity index (χ2v) is 7.27. The van der Waals surface area contributed by atoms with Gasteiger partial charge in [-0.1, -0.05) is 42.5 Å². The zero-order chi connectivity index (χ0) is 23.4. The van der Waals surface area contributed by atoms with Crippen molar-refractivity contribution < 1.29 is 23.7 Å². The molecule has 4 rings (SSSR count). The third kappa shape index (κ3) is 4.15. The van der Waals surface area contributed by atoms with E-state index < -0.39 is 0 Å². The highest BCUT2D eigenvalue weighted by Gasteiger charge is 2.23. The van der Waals surface area contributed by atoms with E-state index in [2.05, 4.69) is 0 Å². The molecule has 33 heavy (non-hydrogen) atoms. The van der Waals surface area contributed by atoms with Gasteiger partial charge in [0, 0.05) is 29.1 Å². The summed E-state index contributed by atoms with van der Waals surface area (Å²) in [6.45, 7) is 0. The lowest BCUT2D eigenvalue weighted by Gasteiger charge is -2.14. The minimum absolute atomic E-state index is 0.165. The number of ether oxygens (including phenoxy) is 4. The fraction of sp³-hybridized carbons (Fsp3) is 0.148. The van der Waals surface area contributed by atoms with Crippen LogP contribution in [-0.2, 0) is 0 Å². The first kappa shape index (κ1) is 22.0. The lowest BCUT2D eigenvalue weighted by atomic mass is 9.97. The molecule has 0 bridgehead atoms. The van der Waals surface area contributed by atoms with Crippen LogP contribution in [0.1, 0.15) is 15.9 Å². The van der Waals surface area contributed by atoms with E-state index in [-0.39, 0.29) is 5.78 Å². The van der Waals surface area contributed by atoms with Crippen LogP contribution in [0.3, 0.4) is 0 Å². The predicted molar refractivity (Wildman–Crippen MR) is 127 cm³/mol. The van der Waals surface area contributed by atoms with E-state index in [1.54, 1.807) is 19.2 Å². The number of hydrogen-bond acceptors (Lipinski definition) is 5. The maximum atomic E-state index is 13.8. The molecule has 0 aliphatic carbocycles. The summed E-state index contributed by atoms with van der Waals surface area (Å²) in [5.41, 5.74) is 3.55. The summed E-state index contributed by atoms with van der Waals surface area (Å²) in [6.07, 6.45) is 3.77.